The molecule has 4 nitrogen and oxygen atoms in total. The largest absolute Gasteiger partial charge is 0.374 e. The van der Waals surface area contributed by atoms with Crippen molar-refractivity contribution >= 4 is 15.9 Å². The van der Waals surface area contributed by atoms with Gasteiger partial charge in [0.1, 0.15) is 0 Å². The number of ether oxygens (including phenoxy) is 1. The zero-order valence-electron chi connectivity index (χ0n) is 9.97. The van der Waals surface area contributed by atoms with Crippen molar-refractivity contribution in [2.75, 3.05) is 26.2 Å². The van der Waals surface area contributed by atoms with Crippen LogP contribution < -0.4 is 5.73 Å². The van der Waals surface area contributed by atoms with Crippen LogP contribution in [0.4, 0.5) is 0 Å². The van der Waals surface area contributed by atoms with Gasteiger partial charge >= 0.3 is 0 Å². The van der Waals surface area contributed by atoms with Gasteiger partial charge in [0.15, 0.2) is 0 Å². The van der Waals surface area contributed by atoms with Gasteiger partial charge in [-0.25, -0.2) is 0 Å². The number of rotatable bonds is 3. The first-order valence-electron chi connectivity index (χ1n) is 5.92. The first-order chi connectivity index (χ1) is 8.26. The highest BCUT2D eigenvalue weighted by Crippen LogP contribution is 2.29. The standard InChI is InChI=1S/C12H18BrN3O/c1-2-16-3-4-17-11(6-14)12(16)9-5-10(13)8-15-7-9/h5,7-8,11-12H,2-4,6,14H2,1H3. The Balaban J connectivity index is 2.29. The van der Waals surface area contributed by atoms with Crippen LogP contribution in [0, 0.1) is 0 Å². The van der Waals surface area contributed by atoms with Crippen molar-refractivity contribution in [1.29, 1.82) is 0 Å². The minimum absolute atomic E-state index is 0.0554. The Bertz CT molecular complexity index is 363. The summed E-state index contributed by atoms with van der Waals surface area (Å²) >= 11 is 3.46. The molecule has 0 saturated carbocycles. The first kappa shape index (κ1) is 13.0. The zero-order valence-corrected chi connectivity index (χ0v) is 11.6. The molecule has 0 aromatic carbocycles. The van der Waals surface area contributed by atoms with Gasteiger partial charge in [0.25, 0.3) is 0 Å². The SMILES string of the molecule is CCN1CCOC(CN)C1c1cncc(Br)c1. The Labute approximate surface area is 110 Å². The second-order valence-electron chi connectivity index (χ2n) is 4.15. The van der Waals surface area contributed by atoms with E-state index in [1.165, 1.54) is 0 Å². The molecule has 1 saturated heterocycles. The van der Waals surface area contributed by atoms with Crippen molar-refractivity contribution in [3.63, 3.8) is 0 Å². The second kappa shape index (κ2) is 5.91. The number of halogens is 1. The number of likely N-dealkylation sites (N-methyl/N-ethyl adjacent to an activating group) is 1. The minimum Gasteiger partial charge on any atom is -0.374 e. The second-order valence-corrected chi connectivity index (χ2v) is 5.07. The van der Waals surface area contributed by atoms with Crippen molar-refractivity contribution in [1.82, 2.24) is 9.88 Å². The van der Waals surface area contributed by atoms with Gasteiger partial charge in [-0.2, -0.15) is 0 Å². The Morgan fingerprint density at radius 2 is 2.41 bits per heavy atom. The molecule has 2 rings (SSSR count). The minimum atomic E-state index is 0.0554. The summed E-state index contributed by atoms with van der Waals surface area (Å²) < 4.78 is 6.75. The van der Waals surface area contributed by atoms with Gasteiger partial charge < -0.3 is 10.5 Å². The van der Waals surface area contributed by atoms with E-state index in [4.69, 9.17) is 10.5 Å². The Morgan fingerprint density at radius 1 is 1.59 bits per heavy atom. The van der Waals surface area contributed by atoms with Crippen LogP contribution in [0.2, 0.25) is 0 Å². The van der Waals surface area contributed by atoms with E-state index in [1.807, 2.05) is 6.20 Å². The summed E-state index contributed by atoms with van der Waals surface area (Å²) in [6.07, 6.45) is 3.75. The van der Waals surface area contributed by atoms with Gasteiger partial charge in [0, 0.05) is 30.0 Å². The molecule has 1 aromatic rings. The van der Waals surface area contributed by atoms with Crippen molar-refractivity contribution in [3.8, 4) is 0 Å². The number of morpholine rings is 1. The third-order valence-corrected chi connectivity index (χ3v) is 3.60. The Hall–Kier alpha value is -0.490. The number of hydrogen-bond acceptors (Lipinski definition) is 4. The fourth-order valence-electron chi connectivity index (χ4n) is 2.35. The Morgan fingerprint density at radius 3 is 3.06 bits per heavy atom. The molecule has 1 aliphatic rings. The molecule has 0 radical (unpaired) electrons. The summed E-state index contributed by atoms with van der Waals surface area (Å²) in [5.41, 5.74) is 6.97. The van der Waals surface area contributed by atoms with E-state index in [9.17, 15) is 0 Å². The number of pyridine rings is 1. The van der Waals surface area contributed by atoms with Gasteiger partial charge in [-0.15, -0.1) is 0 Å². The maximum atomic E-state index is 5.80. The average molecular weight is 300 g/mol. The van der Waals surface area contributed by atoms with E-state index in [0.29, 0.717) is 6.54 Å². The lowest BCUT2D eigenvalue weighted by atomic mass is 9.99. The molecule has 0 amide bonds. The zero-order chi connectivity index (χ0) is 12.3. The number of aromatic nitrogens is 1. The van der Waals surface area contributed by atoms with Gasteiger partial charge in [0.2, 0.25) is 0 Å². The summed E-state index contributed by atoms with van der Waals surface area (Å²) in [4.78, 5) is 6.62. The summed E-state index contributed by atoms with van der Waals surface area (Å²) in [7, 11) is 0. The monoisotopic (exact) mass is 299 g/mol. The lowest BCUT2D eigenvalue weighted by Gasteiger charge is -2.40. The molecule has 2 N–H and O–H groups in total. The lowest BCUT2D eigenvalue weighted by molar-refractivity contribution is -0.0659. The lowest BCUT2D eigenvalue weighted by Crippen LogP contribution is -2.48. The molecule has 1 aliphatic heterocycles. The highest BCUT2D eigenvalue weighted by molar-refractivity contribution is 9.10. The molecule has 0 spiro atoms. The molecule has 1 fully saturated rings. The van der Waals surface area contributed by atoms with Gasteiger partial charge in [-0.3, -0.25) is 9.88 Å². The van der Waals surface area contributed by atoms with E-state index in [2.05, 4.69) is 38.8 Å². The third kappa shape index (κ3) is 2.85. The predicted molar refractivity (Wildman–Crippen MR) is 70.7 cm³/mol. The topological polar surface area (TPSA) is 51.4 Å². The van der Waals surface area contributed by atoms with Crippen LogP contribution in [-0.2, 0) is 4.74 Å². The smallest absolute Gasteiger partial charge is 0.0894 e. The third-order valence-electron chi connectivity index (χ3n) is 3.16. The molecule has 94 valence electrons. The van der Waals surface area contributed by atoms with E-state index >= 15 is 0 Å². The number of hydrogen-bond donors (Lipinski definition) is 1. The number of nitrogens with zero attached hydrogens (tertiary/aromatic N) is 2. The number of nitrogens with two attached hydrogens (primary N) is 1. The van der Waals surface area contributed by atoms with E-state index in [0.717, 1.165) is 29.7 Å². The van der Waals surface area contributed by atoms with Crippen LogP contribution >= 0.6 is 15.9 Å². The summed E-state index contributed by atoms with van der Waals surface area (Å²) in [6.45, 7) is 5.40. The molecular weight excluding hydrogens is 282 g/mol. The molecule has 2 atom stereocenters. The molecule has 0 aliphatic carbocycles. The van der Waals surface area contributed by atoms with E-state index < -0.39 is 0 Å². The van der Waals surface area contributed by atoms with Gasteiger partial charge in [-0.05, 0) is 34.1 Å². The molecular formula is C12H18BrN3O. The van der Waals surface area contributed by atoms with E-state index in [1.54, 1.807) is 6.20 Å². The molecule has 2 unspecified atom stereocenters. The van der Waals surface area contributed by atoms with Gasteiger partial charge in [0.05, 0.1) is 18.8 Å². The highest BCUT2D eigenvalue weighted by atomic mass is 79.9. The van der Waals surface area contributed by atoms with Crippen LogP contribution in [0.25, 0.3) is 0 Å². The fourth-order valence-corrected chi connectivity index (χ4v) is 2.74. The molecule has 17 heavy (non-hydrogen) atoms. The summed E-state index contributed by atoms with van der Waals surface area (Å²) in [6, 6.07) is 2.31. The maximum absolute atomic E-state index is 5.80. The Kier molecular flexibility index (Phi) is 4.50. The molecule has 2 heterocycles. The molecule has 5 heteroatoms. The van der Waals surface area contributed by atoms with Crippen LogP contribution in [0.3, 0.4) is 0 Å². The van der Waals surface area contributed by atoms with Gasteiger partial charge in [-0.1, -0.05) is 6.92 Å². The highest BCUT2D eigenvalue weighted by Gasteiger charge is 2.32. The van der Waals surface area contributed by atoms with E-state index in [-0.39, 0.29) is 12.1 Å². The fraction of sp³-hybridized carbons (Fsp3) is 0.583. The van der Waals surface area contributed by atoms with Crippen molar-refractivity contribution in [2.24, 2.45) is 5.73 Å². The van der Waals surface area contributed by atoms with Crippen molar-refractivity contribution in [3.05, 3.63) is 28.5 Å². The molecule has 0 bridgehead atoms. The van der Waals surface area contributed by atoms with Crippen LogP contribution in [0.15, 0.2) is 22.9 Å². The average Bonchev–Trinajstić information content (AvgIpc) is 2.37. The van der Waals surface area contributed by atoms with Crippen LogP contribution in [0.5, 0.6) is 0 Å². The maximum Gasteiger partial charge on any atom is 0.0894 e. The predicted octanol–water partition coefficient (Wildman–Crippen LogP) is 1.56. The summed E-state index contributed by atoms with van der Waals surface area (Å²) in [5.74, 6) is 0. The first-order valence-corrected chi connectivity index (χ1v) is 6.71. The van der Waals surface area contributed by atoms with Crippen molar-refractivity contribution in [2.45, 2.75) is 19.1 Å². The summed E-state index contributed by atoms with van der Waals surface area (Å²) in [5, 5.41) is 0. The van der Waals surface area contributed by atoms with Crippen LogP contribution in [0.1, 0.15) is 18.5 Å². The van der Waals surface area contributed by atoms with Crippen molar-refractivity contribution < 1.29 is 4.74 Å². The van der Waals surface area contributed by atoms with Crippen LogP contribution in [-0.4, -0.2) is 42.2 Å². The normalized spacial score (nSPS) is 26.1. The molecule has 1 aromatic heterocycles. The quantitative estimate of drug-likeness (QED) is 0.920.